The normalized spacial score (nSPS) is 16.6. The third kappa shape index (κ3) is 3.56. The fourth-order valence-electron chi connectivity index (χ4n) is 3.10. The van der Waals surface area contributed by atoms with Crippen LogP contribution in [0.3, 0.4) is 0 Å². The van der Waals surface area contributed by atoms with Crippen LogP contribution in [-0.4, -0.2) is 43.5 Å². The number of fused-ring (bicyclic) bond motifs is 1. The molecule has 4 heterocycles. The van der Waals surface area contributed by atoms with Gasteiger partial charge < -0.3 is 14.2 Å². The summed E-state index contributed by atoms with van der Waals surface area (Å²) >= 11 is 0. The molecule has 0 fully saturated rings. The monoisotopic (exact) mass is 349 g/mol. The van der Waals surface area contributed by atoms with Gasteiger partial charge >= 0.3 is 0 Å². The van der Waals surface area contributed by atoms with Gasteiger partial charge in [-0.3, -0.25) is 14.8 Å². The summed E-state index contributed by atoms with van der Waals surface area (Å²) in [6.45, 7) is 2.29. The fraction of sp³-hybridized carbons (Fsp3) is 0.263. The van der Waals surface area contributed by atoms with E-state index in [0.717, 1.165) is 18.1 Å². The second-order valence-electron chi connectivity index (χ2n) is 6.26. The molecule has 0 aromatic carbocycles. The molecule has 0 aliphatic carbocycles. The summed E-state index contributed by atoms with van der Waals surface area (Å²) in [6.07, 6.45) is 8.75. The molecule has 4 rings (SSSR count). The van der Waals surface area contributed by atoms with Crippen molar-refractivity contribution in [1.29, 1.82) is 0 Å². The molecule has 7 nitrogen and oxygen atoms in total. The van der Waals surface area contributed by atoms with Crippen molar-refractivity contribution in [3.63, 3.8) is 0 Å². The highest BCUT2D eigenvalue weighted by molar-refractivity contribution is 5.92. The first-order valence-electron chi connectivity index (χ1n) is 8.53. The number of hydrogen-bond acceptors (Lipinski definition) is 5. The average molecular weight is 349 g/mol. The molecule has 1 aliphatic rings. The van der Waals surface area contributed by atoms with Crippen LogP contribution in [0.25, 0.3) is 0 Å². The highest BCUT2D eigenvalue weighted by Crippen LogP contribution is 2.19. The van der Waals surface area contributed by atoms with E-state index < -0.39 is 0 Å². The second-order valence-corrected chi connectivity index (χ2v) is 6.26. The van der Waals surface area contributed by atoms with Crippen molar-refractivity contribution < 1.29 is 9.53 Å². The summed E-state index contributed by atoms with van der Waals surface area (Å²) in [6, 6.07) is 9.08. The Hall–Kier alpha value is -3.22. The SMILES string of the molecule is O=C(c1ccccn1)N1Cc2nccn2C[C@@H](COc2cccnc2)C1. The van der Waals surface area contributed by atoms with Crippen LogP contribution < -0.4 is 4.74 Å². The van der Waals surface area contributed by atoms with Gasteiger partial charge in [0.1, 0.15) is 17.3 Å². The van der Waals surface area contributed by atoms with E-state index in [-0.39, 0.29) is 11.8 Å². The zero-order valence-electron chi connectivity index (χ0n) is 14.2. The number of imidazole rings is 1. The van der Waals surface area contributed by atoms with Crippen molar-refractivity contribution in [3.05, 3.63) is 72.8 Å². The van der Waals surface area contributed by atoms with Crippen LogP contribution in [0.15, 0.2) is 61.3 Å². The van der Waals surface area contributed by atoms with Crippen LogP contribution in [0, 0.1) is 5.92 Å². The Kier molecular flexibility index (Phi) is 4.59. The number of rotatable bonds is 4. The van der Waals surface area contributed by atoms with Gasteiger partial charge in [0.2, 0.25) is 0 Å². The van der Waals surface area contributed by atoms with Crippen molar-refractivity contribution in [2.75, 3.05) is 13.2 Å². The van der Waals surface area contributed by atoms with E-state index in [1.165, 1.54) is 0 Å². The molecule has 7 heteroatoms. The maximum Gasteiger partial charge on any atom is 0.272 e. The lowest BCUT2D eigenvalue weighted by Gasteiger charge is -2.23. The number of pyridine rings is 2. The van der Waals surface area contributed by atoms with Crippen LogP contribution >= 0.6 is 0 Å². The lowest BCUT2D eigenvalue weighted by molar-refractivity contribution is 0.0694. The number of hydrogen-bond donors (Lipinski definition) is 0. The first kappa shape index (κ1) is 16.3. The third-order valence-corrected chi connectivity index (χ3v) is 4.36. The third-order valence-electron chi connectivity index (χ3n) is 4.36. The van der Waals surface area contributed by atoms with Gasteiger partial charge in [0.25, 0.3) is 5.91 Å². The van der Waals surface area contributed by atoms with Gasteiger partial charge in [-0.15, -0.1) is 0 Å². The van der Waals surface area contributed by atoms with E-state index in [9.17, 15) is 4.79 Å². The first-order chi connectivity index (χ1) is 12.8. The number of amides is 1. The molecule has 0 N–H and O–H groups in total. The van der Waals surface area contributed by atoms with E-state index >= 15 is 0 Å². The largest absolute Gasteiger partial charge is 0.492 e. The minimum atomic E-state index is -0.0894. The van der Waals surface area contributed by atoms with Gasteiger partial charge in [-0.25, -0.2) is 4.98 Å². The lowest BCUT2D eigenvalue weighted by Crippen LogP contribution is -2.36. The van der Waals surface area contributed by atoms with Crippen molar-refractivity contribution in [2.24, 2.45) is 5.92 Å². The Morgan fingerprint density at radius 1 is 1.12 bits per heavy atom. The van der Waals surface area contributed by atoms with Gasteiger partial charge in [0.15, 0.2) is 0 Å². The molecule has 1 aliphatic heterocycles. The molecule has 0 saturated carbocycles. The molecular formula is C19H19N5O2. The maximum atomic E-state index is 12.9. The Balaban J connectivity index is 1.53. The quantitative estimate of drug-likeness (QED) is 0.720. The van der Waals surface area contributed by atoms with Crippen molar-refractivity contribution in [1.82, 2.24) is 24.4 Å². The van der Waals surface area contributed by atoms with Crippen LogP contribution in [-0.2, 0) is 13.1 Å². The Labute approximate surface area is 151 Å². The molecule has 0 saturated heterocycles. The van der Waals surface area contributed by atoms with E-state index in [1.54, 1.807) is 41.8 Å². The molecule has 0 spiro atoms. The van der Waals surface area contributed by atoms with Crippen molar-refractivity contribution in [2.45, 2.75) is 13.1 Å². The lowest BCUT2D eigenvalue weighted by atomic mass is 10.1. The van der Waals surface area contributed by atoms with E-state index in [2.05, 4.69) is 19.5 Å². The van der Waals surface area contributed by atoms with Crippen molar-refractivity contribution >= 4 is 5.91 Å². The average Bonchev–Trinajstić information content (AvgIpc) is 3.05. The number of nitrogens with zero attached hydrogens (tertiary/aromatic N) is 5. The molecule has 0 bridgehead atoms. The Morgan fingerprint density at radius 2 is 2.08 bits per heavy atom. The molecule has 0 unspecified atom stereocenters. The molecule has 3 aromatic rings. The highest BCUT2D eigenvalue weighted by Gasteiger charge is 2.27. The molecule has 1 amide bonds. The minimum Gasteiger partial charge on any atom is -0.492 e. The molecule has 1 atom stereocenters. The molecule has 132 valence electrons. The molecular weight excluding hydrogens is 330 g/mol. The van der Waals surface area contributed by atoms with Crippen LogP contribution in [0.5, 0.6) is 5.75 Å². The summed E-state index contributed by atoms with van der Waals surface area (Å²) in [5.74, 6) is 1.65. The van der Waals surface area contributed by atoms with E-state index in [0.29, 0.717) is 25.4 Å². The highest BCUT2D eigenvalue weighted by atomic mass is 16.5. The molecule has 3 aromatic heterocycles. The predicted octanol–water partition coefficient (Wildman–Crippen LogP) is 2.02. The van der Waals surface area contributed by atoms with Gasteiger partial charge in [-0.2, -0.15) is 0 Å². The van der Waals surface area contributed by atoms with Crippen LogP contribution in [0.4, 0.5) is 0 Å². The van der Waals surface area contributed by atoms with Crippen LogP contribution in [0.2, 0.25) is 0 Å². The Morgan fingerprint density at radius 3 is 2.88 bits per heavy atom. The van der Waals surface area contributed by atoms with Gasteiger partial charge in [0, 0.05) is 43.8 Å². The fourth-order valence-corrected chi connectivity index (χ4v) is 3.10. The molecule has 0 radical (unpaired) electrons. The van der Waals surface area contributed by atoms with Gasteiger partial charge in [0.05, 0.1) is 19.3 Å². The number of aromatic nitrogens is 4. The standard InChI is InChI=1S/C19H19N5O2/c25-19(17-5-1-2-7-21-17)24-12-15(11-23-9-8-22-18(23)13-24)14-26-16-4-3-6-20-10-16/h1-10,15H,11-14H2/t15-/m1/s1. The number of ether oxygens (including phenoxy) is 1. The van der Waals surface area contributed by atoms with Gasteiger partial charge in [-0.1, -0.05) is 6.07 Å². The smallest absolute Gasteiger partial charge is 0.272 e. The Bertz CT molecular complexity index is 866. The second kappa shape index (κ2) is 7.35. The van der Waals surface area contributed by atoms with E-state index in [1.807, 2.05) is 24.4 Å². The van der Waals surface area contributed by atoms with Crippen molar-refractivity contribution in [3.8, 4) is 5.75 Å². The predicted molar refractivity (Wildman–Crippen MR) is 94.4 cm³/mol. The summed E-state index contributed by atoms with van der Waals surface area (Å²) < 4.78 is 7.96. The van der Waals surface area contributed by atoms with Gasteiger partial charge in [-0.05, 0) is 24.3 Å². The van der Waals surface area contributed by atoms with E-state index in [4.69, 9.17) is 4.74 Å². The van der Waals surface area contributed by atoms with Crippen LogP contribution in [0.1, 0.15) is 16.3 Å². The first-order valence-corrected chi connectivity index (χ1v) is 8.53. The topological polar surface area (TPSA) is 73.1 Å². The zero-order chi connectivity index (χ0) is 17.8. The summed E-state index contributed by atoms with van der Waals surface area (Å²) in [7, 11) is 0. The summed E-state index contributed by atoms with van der Waals surface area (Å²) in [4.78, 5) is 27.3. The minimum absolute atomic E-state index is 0.0894. The summed E-state index contributed by atoms with van der Waals surface area (Å²) in [5.41, 5.74) is 0.444. The number of carbonyl (C=O) groups is 1. The zero-order valence-corrected chi connectivity index (χ0v) is 14.2. The maximum absolute atomic E-state index is 12.9. The number of carbonyl (C=O) groups excluding carboxylic acids is 1. The molecule has 26 heavy (non-hydrogen) atoms. The summed E-state index contributed by atoms with van der Waals surface area (Å²) in [5, 5.41) is 0.